The maximum absolute atomic E-state index is 13.1. The Morgan fingerprint density at radius 2 is 1.72 bits per heavy atom. The summed E-state index contributed by atoms with van der Waals surface area (Å²) in [6, 6.07) is 18.2. The first kappa shape index (κ1) is 31.4. The van der Waals surface area contributed by atoms with Gasteiger partial charge in [0, 0.05) is 50.0 Å². The molecule has 2 aliphatic heterocycles. The molecule has 1 fully saturated rings. The van der Waals surface area contributed by atoms with E-state index in [0.717, 1.165) is 63.3 Å². The van der Waals surface area contributed by atoms with E-state index in [4.69, 9.17) is 9.72 Å². The molecule has 2 aromatic carbocycles. The van der Waals surface area contributed by atoms with Crippen LogP contribution in [0.15, 0.2) is 48.5 Å². The van der Waals surface area contributed by atoms with E-state index >= 15 is 0 Å². The van der Waals surface area contributed by atoms with Crippen LogP contribution in [0, 0.1) is 12.8 Å². The highest BCUT2D eigenvalue weighted by atomic mass is 16.5. The van der Waals surface area contributed by atoms with Crippen molar-refractivity contribution in [2.24, 2.45) is 5.92 Å². The number of nitrogens with one attached hydrogen (secondary N) is 1. The van der Waals surface area contributed by atoms with E-state index in [1.165, 1.54) is 38.9 Å². The minimum atomic E-state index is 0.0663. The highest BCUT2D eigenvalue weighted by Crippen LogP contribution is 2.37. The van der Waals surface area contributed by atoms with Crippen LogP contribution in [0.2, 0.25) is 0 Å². The number of pyridine rings is 1. The minimum absolute atomic E-state index is 0.0663. The molecule has 43 heavy (non-hydrogen) atoms. The molecule has 0 saturated carbocycles. The lowest BCUT2D eigenvalue weighted by atomic mass is 9.87. The second-order valence-electron chi connectivity index (χ2n) is 12.6. The number of morpholine rings is 1. The zero-order chi connectivity index (χ0) is 30.3. The first-order valence-electron chi connectivity index (χ1n) is 16.4. The van der Waals surface area contributed by atoms with Gasteiger partial charge in [-0.1, -0.05) is 70.2 Å². The van der Waals surface area contributed by atoms with Gasteiger partial charge in [0.25, 0.3) is 0 Å². The van der Waals surface area contributed by atoms with E-state index in [-0.39, 0.29) is 5.91 Å². The lowest BCUT2D eigenvalue weighted by Gasteiger charge is -2.39. The van der Waals surface area contributed by atoms with Crippen LogP contribution in [0.4, 0.5) is 0 Å². The molecule has 6 heteroatoms. The molecule has 2 aliphatic rings. The van der Waals surface area contributed by atoms with Gasteiger partial charge in [0.05, 0.1) is 25.5 Å². The van der Waals surface area contributed by atoms with Crippen molar-refractivity contribution in [3.05, 3.63) is 87.6 Å². The van der Waals surface area contributed by atoms with Crippen molar-refractivity contribution in [1.82, 2.24) is 20.1 Å². The molecule has 0 spiro atoms. The van der Waals surface area contributed by atoms with Crippen LogP contribution < -0.4 is 5.32 Å². The third kappa shape index (κ3) is 7.54. The van der Waals surface area contributed by atoms with Crippen LogP contribution in [0.3, 0.4) is 0 Å². The van der Waals surface area contributed by atoms with Crippen LogP contribution >= 0.6 is 0 Å². The highest BCUT2D eigenvalue weighted by molar-refractivity contribution is 5.78. The first-order valence-corrected chi connectivity index (χ1v) is 16.4. The Balaban J connectivity index is 1.49. The molecule has 1 unspecified atom stereocenters. The van der Waals surface area contributed by atoms with E-state index in [0.29, 0.717) is 38.3 Å². The molecule has 1 saturated heterocycles. The number of benzene rings is 2. The summed E-state index contributed by atoms with van der Waals surface area (Å²) >= 11 is 0. The topological polar surface area (TPSA) is 57.7 Å². The number of carbonyl (C=O) groups is 1. The van der Waals surface area contributed by atoms with Gasteiger partial charge >= 0.3 is 0 Å². The summed E-state index contributed by atoms with van der Waals surface area (Å²) in [7, 11) is 0. The summed E-state index contributed by atoms with van der Waals surface area (Å²) in [6.45, 7) is 17.0. The molecule has 6 nitrogen and oxygen atoms in total. The third-order valence-corrected chi connectivity index (χ3v) is 9.20. The van der Waals surface area contributed by atoms with Crippen molar-refractivity contribution in [3.63, 3.8) is 0 Å². The molecular weight excluding hydrogens is 532 g/mol. The smallest absolute Gasteiger partial charge is 0.234 e. The van der Waals surface area contributed by atoms with Gasteiger partial charge in [-0.05, 0) is 78.0 Å². The van der Waals surface area contributed by atoms with Crippen molar-refractivity contribution in [2.75, 3.05) is 39.4 Å². The number of hydrogen-bond acceptors (Lipinski definition) is 5. The Morgan fingerprint density at radius 3 is 2.42 bits per heavy atom. The normalized spacial score (nSPS) is 17.7. The van der Waals surface area contributed by atoms with E-state index in [9.17, 15) is 4.79 Å². The molecule has 5 rings (SSSR count). The van der Waals surface area contributed by atoms with Gasteiger partial charge in [0.2, 0.25) is 5.91 Å². The van der Waals surface area contributed by atoms with Gasteiger partial charge in [0.1, 0.15) is 0 Å². The van der Waals surface area contributed by atoms with Crippen molar-refractivity contribution in [2.45, 2.75) is 79.4 Å². The summed E-state index contributed by atoms with van der Waals surface area (Å²) in [5.74, 6) is 0.661. The molecule has 1 N–H and O–H groups in total. The molecule has 1 aromatic heterocycles. The molecule has 1 amide bonds. The molecule has 1 atom stereocenters. The Hall–Kier alpha value is -3.06. The Labute approximate surface area is 258 Å². The van der Waals surface area contributed by atoms with Gasteiger partial charge in [0.15, 0.2) is 0 Å². The molecule has 0 radical (unpaired) electrons. The monoisotopic (exact) mass is 582 g/mol. The number of fused-ring (bicyclic) bond motifs is 1. The lowest BCUT2D eigenvalue weighted by Crippen LogP contribution is -2.43. The van der Waals surface area contributed by atoms with Gasteiger partial charge in [-0.15, -0.1) is 0 Å². The number of nitrogens with zero attached hydrogens (tertiary/aromatic N) is 3. The number of ether oxygens (including phenoxy) is 1. The largest absolute Gasteiger partial charge is 0.379 e. The van der Waals surface area contributed by atoms with Crippen LogP contribution in [0.25, 0.3) is 11.3 Å². The molecule has 0 bridgehead atoms. The zero-order valence-corrected chi connectivity index (χ0v) is 26.9. The van der Waals surface area contributed by atoms with Gasteiger partial charge in [-0.2, -0.15) is 0 Å². The van der Waals surface area contributed by atoms with E-state index in [1.54, 1.807) is 0 Å². The Bertz CT molecular complexity index is 1370. The minimum Gasteiger partial charge on any atom is -0.379 e. The first-order chi connectivity index (χ1) is 20.9. The second kappa shape index (κ2) is 14.6. The molecular formula is C37H50N4O2. The van der Waals surface area contributed by atoms with Gasteiger partial charge < -0.3 is 10.1 Å². The van der Waals surface area contributed by atoms with Crippen molar-refractivity contribution in [1.29, 1.82) is 0 Å². The van der Waals surface area contributed by atoms with Crippen LogP contribution in [0.1, 0.15) is 79.2 Å². The van der Waals surface area contributed by atoms with E-state index in [2.05, 4.69) is 98.3 Å². The summed E-state index contributed by atoms with van der Waals surface area (Å²) in [5.41, 5.74) is 11.4. The number of aromatic nitrogens is 1. The second-order valence-corrected chi connectivity index (χ2v) is 12.6. The highest BCUT2D eigenvalue weighted by Gasteiger charge is 2.29. The summed E-state index contributed by atoms with van der Waals surface area (Å²) in [5, 5.41) is 3.28. The van der Waals surface area contributed by atoms with Crippen LogP contribution in [-0.2, 0) is 41.9 Å². The average Bonchev–Trinajstić information content (AvgIpc) is 3.02. The molecule has 3 heterocycles. The fourth-order valence-corrected chi connectivity index (χ4v) is 6.87. The number of hydrogen-bond donors (Lipinski definition) is 1. The maximum Gasteiger partial charge on any atom is 0.234 e. The van der Waals surface area contributed by atoms with Gasteiger partial charge in [-0.25, -0.2) is 0 Å². The summed E-state index contributed by atoms with van der Waals surface area (Å²) in [4.78, 5) is 23.2. The number of rotatable bonds is 11. The predicted molar refractivity (Wildman–Crippen MR) is 175 cm³/mol. The standard InChI is InChI=1S/C37H50N4O2/c1-6-28-12-10-13-29(7-2)37(28)34-22-31(23-38-36(42)25-40-17-19-43-20-18-40)33(27(5)39-34)24-41-16-15-30-11-8-9-14-32(30)35(41)21-26(3)4/h8-14,22,26,35H,6-7,15-21,23-25H2,1-5H3,(H,38,42). The maximum atomic E-state index is 13.1. The van der Waals surface area contributed by atoms with E-state index < -0.39 is 0 Å². The Morgan fingerprint density at radius 1 is 1.00 bits per heavy atom. The summed E-state index contributed by atoms with van der Waals surface area (Å²) in [6.07, 6.45) is 4.10. The predicted octanol–water partition coefficient (Wildman–Crippen LogP) is 6.28. The number of aryl methyl sites for hydroxylation is 3. The van der Waals surface area contributed by atoms with Crippen molar-refractivity contribution >= 4 is 5.91 Å². The number of amides is 1. The summed E-state index contributed by atoms with van der Waals surface area (Å²) < 4.78 is 5.47. The Kier molecular flexibility index (Phi) is 10.7. The zero-order valence-electron chi connectivity index (χ0n) is 26.9. The third-order valence-electron chi connectivity index (χ3n) is 9.20. The van der Waals surface area contributed by atoms with Crippen molar-refractivity contribution in [3.8, 4) is 11.3 Å². The SMILES string of the molecule is CCc1cccc(CC)c1-c1cc(CNC(=O)CN2CCOCC2)c(CN2CCc3ccccc3C2CC(C)C)c(C)n1. The number of carbonyl (C=O) groups excluding carboxylic acids is 1. The van der Waals surface area contributed by atoms with E-state index in [1.807, 2.05) is 0 Å². The van der Waals surface area contributed by atoms with Crippen molar-refractivity contribution < 1.29 is 9.53 Å². The lowest BCUT2D eigenvalue weighted by molar-refractivity contribution is -0.123. The fourth-order valence-electron chi connectivity index (χ4n) is 6.87. The molecule has 3 aromatic rings. The fraction of sp³-hybridized carbons (Fsp3) is 0.514. The molecule has 230 valence electrons. The van der Waals surface area contributed by atoms with Crippen LogP contribution in [-0.4, -0.2) is 60.1 Å². The average molecular weight is 583 g/mol. The molecule has 0 aliphatic carbocycles. The van der Waals surface area contributed by atoms with Gasteiger partial charge in [-0.3, -0.25) is 19.6 Å². The van der Waals surface area contributed by atoms with Crippen LogP contribution in [0.5, 0.6) is 0 Å². The quantitative estimate of drug-likeness (QED) is 0.289.